The van der Waals surface area contributed by atoms with Crippen LogP contribution in [-0.4, -0.2) is 62.7 Å². The second-order valence-electron chi connectivity index (χ2n) is 6.87. The van der Waals surface area contributed by atoms with Crippen LogP contribution < -0.4 is 0 Å². The average molecular weight is 320 g/mol. The van der Waals surface area contributed by atoms with Crippen molar-refractivity contribution >= 4 is 0 Å². The van der Waals surface area contributed by atoms with Crippen molar-refractivity contribution in [1.29, 1.82) is 0 Å². The molecule has 1 atom stereocenters. The van der Waals surface area contributed by atoms with Crippen LogP contribution in [0.2, 0.25) is 0 Å². The van der Waals surface area contributed by atoms with Gasteiger partial charge in [0, 0.05) is 39.3 Å². The highest BCUT2D eigenvalue weighted by molar-refractivity contribution is 4.95. The summed E-state index contributed by atoms with van der Waals surface area (Å²) < 4.78 is 2.02. The molecule has 1 fully saturated rings. The minimum atomic E-state index is 0.341. The number of tetrazole rings is 1. The maximum Gasteiger partial charge on any atom is 0.168 e. The molecule has 6 heteroatoms. The van der Waals surface area contributed by atoms with Gasteiger partial charge in [0.05, 0.1) is 6.04 Å². The molecule has 0 saturated carbocycles. The van der Waals surface area contributed by atoms with Crippen LogP contribution >= 0.6 is 0 Å². The Morgan fingerprint density at radius 2 is 1.91 bits per heavy atom. The number of rotatable bonds is 9. The van der Waals surface area contributed by atoms with Crippen molar-refractivity contribution < 1.29 is 0 Å². The van der Waals surface area contributed by atoms with E-state index in [4.69, 9.17) is 0 Å². The van der Waals surface area contributed by atoms with Gasteiger partial charge in [0.2, 0.25) is 0 Å². The summed E-state index contributed by atoms with van der Waals surface area (Å²) in [4.78, 5) is 5.01. The minimum absolute atomic E-state index is 0.341. The van der Waals surface area contributed by atoms with Gasteiger partial charge in [-0.2, -0.15) is 0 Å². The first kappa shape index (κ1) is 18.1. The van der Waals surface area contributed by atoms with Gasteiger partial charge < -0.3 is 0 Å². The lowest BCUT2D eigenvalue weighted by molar-refractivity contribution is 0.0918. The zero-order valence-electron chi connectivity index (χ0n) is 15.0. The predicted molar refractivity (Wildman–Crippen MR) is 93.1 cm³/mol. The van der Waals surface area contributed by atoms with Crippen molar-refractivity contribution in [3.63, 3.8) is 0 Å². The molecule has 1 saturated heterocycles. The normalized spacial score (nSPS) is 18.4. The largest absolute Gasteiger partial charge is 0.297 e. The zero-order valence-corrected chi connectivity index (χ0v) is 15.0. The number of hydrogen-bond donors (Lipinski definition) is 0. The molecule has 23 heavy (non-hydrogen) atoms. The summed E-state index contributed by atoms with van der Waals surface area (Å²) in [6.45, 7) is 16.8. The highest BCUT2D eigenvalue weighted by Crippen LogP contribution is 2.25. The van der Waals surface area contributed by atoms with E-state index in [1.165, 1.54) is 0 Å². The first-order chi connectivity index (χ1) is 11.2. The van der Waals surface area contributed by atoms with E-state index in [0.717, 1.165) is 64.4 Å². The summed E-state index contributed by atoms with van der Waals surface area (Å²) in [7, 11) is 0. The fourth-order valence-electron chi connectivity index (χ4n) is 3.18. The van der Waals surface area contributed by atoms with Gasteiger partial charge in [0.1, 0.15) is 0 Å². The Bertz CT molecular complexity index is 461. The van der Waals surface area contributed by atoms with Crippen LogP contribution in [0.5, 0.6) is 0 Å². The van der Waals surface area contributed by atoms with Gasteiger partial charge in [-0.1, -0.05) is 33.3 Å². The summed E-state index contributed by atoms with van der Waals surface area (Å²) >= 11 is 0. The lowest BCUT2D eigenvalue weighted by Gasteiger charge is -2.38. The third-order valence-electron chi connectivity index (χ3n) is 4.57. The van der Waals surface area contributed by atoms with Gasteiger partial charge in [-0.3, -0.25) is 9.80 Å². The molecule has 130 valence electrons. The molecule has 2 heterocycles. The van der Waals surface area contributed by atoms with Crippen LogP contribution in [0, 0.1) is 5.92 Å². The lowest BCUT2D eigenvalue weighted by Crippen LogP contribution is -2.48. The molecule has 0 unspecified atom stereocenters. The molecule has 1 aromatic heterocycles. The highest BCUT2D eigenvalue weighted by Gasteiger charge is 2.28. The Hall–Kier alpha value is -1.27. The van der Waals surface area contributed by atoms with Crippen molar-refractivity contribution in [2.75, 3.05) is 32.7 Å². The standard InChI is InChI=1S/C17H32N6/c1-5-7-16(22-13-11-21(9-6-2)12-14-22)17-18-19-20-23(17)10-8-15(3)4/h6,15-16H,2,5,7-14H2,1,3-4H3/t16-/m0/s1. The van der Waals surface area contributed by atoms with E-state index in [1.54, 1.807) is 0 Å². The highest BCUT2D eigenvalue weighted by atomic mass is 15.5. The number of aryl methyl sites for hydroxylation is 1. The topological polar surface area (TPSA) is 50.1 Å². The van der Waals surface area contributed by atoms with Crippen molar-refractivity contribution in [2.45, 2.75) is 52.6 Å². The quantitative estimate of drug-likeness (QED) is 0.654. The van der Waals surface area contributed by atoms with Crippen LogP contribution in [-0.2, 0) is 6.54 Å². The number of nitrogens with zero attached hydrogens (tertiary/aromatic N) is 6. The van der Waals surface area contributed by atoms with Crippen molar-refractivity contribution in [2.24, 2.45) is 5.92 Å². The molecule has 0 N–H and O–H groups in total. The molecule has 0 bridgehead atoms. The van der Waals surface area contributed by atoms with E-state index in [0.29, 0.717) is 12.0 Å². The molecule has 0 spiro atoms. The monoisotopic (exact) mass is 320 g/mol. The Labute approximate surface area is 140 Å². The minimum Gasteiger partial charge on any atom is -0.297 e. The smallest absolute Gasteiger partial charge is 0.168 e. The molecule has 0 radical (unpaired) electrons. The fraction of sp³-hybridized carbons (Fsp3) is 0.824. The summed E-state index contributed by atoms with van der Waals surface area (Å²) in [5.74, 6) is 1.71. The fourth-order valence-corrected chi connectivity index (χ4v) is 3.18. The third kappa shape index (κ3) is 5.11. The SMILES string of the molecule is C=CCN1CCN([C@@H](CCC)c2nnnn2CCC(C)C)CC1. The van der Waals surface area contributed by atoms with E-state index < -0.39 is 0 Å². The molecule has 0 aliphatic carbocycles. The van der Waals surface area contributed by atoms with Gasteiger partial charge >= 0.3 is 0 Å². The van der Waals surface area contributed by atoms with Crippen molar-refractivity contribution in [1.82, 2.24) is 30.0 Å². The second kappa shape index (κ2) is 9.13. The average Bonchev–Trinajstić information content (AvgIpc) is 3.00. The number of aromatic nitrogens is 4. The van der Waals surface area contributed by atoms with E-state index in [-0.39, 0.29) is 0 Å². The van der Waals surface area contributed by atoms with Gasteiger partial charge in [0.25, 0.3) is 0 Å². The predicted octanol–water partition coefficient (Wildman–Crippen LogP) is 2.36. The van der Waals surface area contributed by atoms with Crippen LogP contribution in [0.15, 0.2) is 12.7 Å². The van der Waals surface area contributed by atoms with Crippen molar-refractivity contribution in [3.05, 3.63) is 18.5 Å². The number of hydrogen-bond acceptors (Lipinski definition) is 5. The van der Waals surface area contributed by atoms with Crippen molar-refractivity contribution in [3.8, 4) is 0 Å². The third-order valence-corrected chi connectivity index (χ3v) is 4.57. The first-order valence-electron chi connectivity index (χ1n) is 8.99. The van der Waals surface area contributed by atoms with Gasteiger partial charge in [-0.15, -0.1) is 11.7 Å². The molecule has 0 aromatic carbocycles. The Morgan fingerprint density at radius 3 is 2.52 bits per heavy atom. The van der Waals surface area contributed by atoms with E-state index in [9.17, 15) is 0 Å². The Kier molecular flexibility index (Phi) is 7.17. The molecule has 1 aromatic rings. The maximum absolute atomic E-state index is 4.37. The summed E-state index contributed by atoms with van der Waals surface area (Å²) in [5.41, 5.74) is 0. The Balaban J connectivity index is 2.04. The van der Waals surface area contributed by atoms with E-state index in [2.05, 4.69) is 52.7 Å². The zero-order chi connectivity index (χ0) is 16.7. The molecule has 1 aliphatic heterocycles. The molecular weight excluding hydrogens is 288 g/mol. The summed E-state index contributed by atoms with van der Waals surface area (Å²) in [6.07, 6.45) is 5.37. The van der Waals surface area contributed by atoms with E-state index >= 15 is 0 Å². The summed E-state index contributed by atoms with van der Waals surface area (Å²) in [6, 6.07) is 0.341. The molecule has 6 nitrogen and oxygen atoms in total. The summed E-state index contributed by atoms with van der Waals surface area (Å²) in [5, 5.41) is 12.6. The Morgan fingerprint density at radius 1 is 1.17 bits per heavy atom. The van der Waals surface area contributed by atoms with Crippen LogP contribution in [0.1, 0.15) is 51.9 Å². The van der Waals surface area contributed by atoms with Crippen LogP contribution in [0.4, 0.5) is 0 Å². The molecule has 1 aliphatic rings. The molecular formula is C17H32N6. The maximum atomic E-state index is 4.37. The first-order valence-corrected chi connectivity index (χ1v) is 8.99. The van der Waals surface area contributed by atoms with Crippen LogP contribution in [0.3, 0.4) is 0 Å². The lowest BCUT2D eigenvalue weighted by atomic mass is 10.1. The van der Waals surface area contributed by atoms with Gasteiger partial charge in [-0.25, -0.2) is 4.68 Å². The molecule has 0 amide bonds. The number of piperazine rings is 1. The van der Waals surface area contributed by atoms with E-state index in [1.807, 2.05) is 10.8 Å². The molecule has 2 rings (SSSR count). The van der Waals surface area contributed by atoms with Crippen LogP contribution in [0.25, 0.3) is 0 Å². The van der Waals surface area contributed by atoms with Gasteiger partial charge in [-0.05, 0) is 29.2 Å². The second-order valence-corrected chi connectivity index (χ2v) is 6.87. The van der Waals surface area contributed by atoms with Gasteiger partial charge in [0.15, 0.2) is 5.82 Å².